The first kappa shape index (κ1) is 23.0. The van der Waals surface area contributed by atoms with Gasteiger partial charge in [0.1, 0.15) is 23.4 Å². The van der Waals surface area contributed by atoms with Crippen LogP contribution in [0.5, 0.6) is 5.75 Å². The van der Waals surface area contributed by atoms with Crippen molar-refractivity contribution in [2.75, 3.05) is 31.7 Å². The third-order valence-electron chi connectivity index (χ3n) is 6.90. The number of amides is 1. The van der Waals surface area contributed by atoms with Gasteiger partial charge in [-0.15, -0.1) is 13.2 Å². The van der Waals surface area contributed by atoms with E-state index >= 15 is 0 Å². The summed E-state index contributed by atoms with van der Waals surface area (Å²) >= 11 is 0. The van der Waals surface area contributed by atoms with E-state index < -0.39 is 6.36 Å². The number of hydrogen-bond acceptors (Lipinski definition) is 6. The molecular formula is C23H28F3N5O3. The van der Waals surface area contributed by atoms with Crippen molar-refractivity contribution in [3.8, 4) is 5.75 Å². The van der Waals surface area contributed by atoms with Gasteiger partial charge >= 0.3 is 6.36 Å². The summed E-state index contributed by atoms with van der Waals surface area (Å²) in [7, 11) is 0. The highest BCUT2D eigenvalue weighted by molar-refractivity contribution is 5.93. The number of likely N-dealkylation sites (tertiary alicyclic amines) is 1. The quantitative estimate of drug-likeness (QED) is 0.686. The molecule has 0 spiro atoms. The van der Waals surface area contributed by atoms with Crippen molar-refractivity contribution < 1.29 is 27.4 Å². The number of nitrogens with zero attached hydrogens (tertiary/aromatic N) is 3. The lowest BCUT2D eigenvalue weighted by Gasteiger charge is -2.35. The minimum absolute atomic E-state index is 0.138. The standard InChI is InChI=1S/C23H28F3N5O3/c1-14-11-30(12-15-2-4-17(5-3-15)34-23(24,25)26)13-18(14)20-28-22(32)19-10-27-21(31(19)29-20)16-6-8-33-9-7-16/h2-5,10,14,16,18,20,29H,6-9,11-13H2,1H3,(H,28,32). The van der Waals surface area contributed by atoms with Crippen molar-refractivity contribution in [1.29, 1.82) is 0 Å². The van der Waals surface area contributed by atoms with E-state index in [9.17, 15) is 18.0 Å². The molecule has 0 aliphatic carbocycles. The molecule has 3 aliphatic rings. The molecule has 1 aromatic carbocycles. The molecule has 3 atom stereocenters. The Morgan fingerprint density at radius 1 is 1.18 bits per heavy atom. The Morgan fingerprint density at radius 2 is 1.91 bits per heavy atom. The zero-order chi connectivity index (χ0) is 23.9. The molecule has 2 saturated heterocycles. The zero-order valence-electron chi connectivity index (χ0n) is 18.8. The Balaban J connectivity index is 1.24. The second-order valence-corrected chi connectivity index (χ2v) is 9.33. The van der Waals surface area contributed by atoms with Crippen LogP contribution in [-0.4, -0.2) is 59.3 Å². The number of nitrogens with one attached hydrogen (secondary N) is 2. The minimum Gasteiger partial charge on any atom is -0.406 e. The van der Waals surface area contributed by atoms with Crippen molar-refractivity contribution in [1.82, 2.24) is 19.9 Å². The highest BCUT2D eigenvalue weighted by atomic mass is 19.4. The third kappa shape index (κ3) is 4.85. The van der Waals surface area contributed by atoms with Crippen molar-refractivity contribution in [2.45, 2.75) is 44.8 Å². The number of fused-ring (bicyclic) bond motifs is 1. The maximum Gasteiger partial charge on any atom is 0.573 e. The summed E-state index contributed by atoms with van der Waals surface area (Å²) in [6.07, 6.45) is -1.55. The number of hydrogen-bond donors (Lipinski definition) is 2. The Labute approximate surface area is 195 Å². The first-order valence-electron chi connectivity index (χ1n) is 11.6. The maximum absolute atomic E-state index is 12.8. The van der Waals surface area contributed by atoms with Crippen molar-refractivity contribution in [2.24, 2.45) is 11.8 Å². The highest BCUT2D eigenvalue weighted by Gasteiger charge is 2.40. The smallest absolute Gasteiger partial charge is 0.406 e. The first-order chi connectivity index (χ1) is 16.3. The number of imidazole rings is 1. The summed E-state index contributed by atoms with van der Waals surface area (Å²) < 4.78 is 48.4. The van der Waals surface area contributed by atoms with Crippen LogP contribution in [0.3, 0.4) is 0 Å². The van der Waals surface area contributed by atoms with Crippen LogP contribution in [0.2, 0.25) is 0 Å². The van der Waals surface area contributed by atoms with Gasteiger partial charge in [0.25, 0.3) is 5.91 Å². The molecule has 1 aromatic heterocycles. The summed E-state index contributed by atoms with van der Waals surface area (Å²) in [4.78, 5) is 19.6. The van der Waals surface area contributed by atoms with Gasteiger partial charge in [0.05, 0.1) is 6.20 Å². The fourth-order valence-electron chi connectivity index (χ4n) is 5.21. The topological polar surface area (TPSA) is 80.7 Å². The van der Waals surface area contributed by atoms with Crippen LogP contribution in [0.4, 0.5) is 13.2 Å². The first-order valence-corrected chi connectivity index (χ1v) is 11.6. The number of ether oxygens (including phenoxy) is 2. The van der Waals surface area contributed by atoms with Crippen LogP contribution in [0.25, 0.3) is 0 Å². The fraction of sp³-hybridized carbons (Fsp3) is 0.565. The highest BCUT2D eigenvalue weighted by Crippen LogP contribution is 2.31. The predicted molar refractivity (Wildman–Crippen MR) is 117 cm³/mol. The molecule has 2 fully saturated rings. The second kappa shape index (κ2) is 9.10. The molecule has 11 heteroatoms. The van der Waals surface area contributed by atoms with Crippen LogP contribution in [0.1, 0.15) is 47.6 Å². The molecule has 3 aliphatic heterocycles. The van der Waals surface area contributed by atoms with Gasteiger partial charge in [-0.05, 0) is 36.5 Å². The minimum atomic E-state index is -4.70. The van der Waals surface area contributed by atoms with Crippen LogP contribution in [0.15, 0.2) is 30.5 Å². The van der Waals surface area contributed by atoms with Gasteiger partial charge in [-0.1, -0.05) is 19.1 Å². The average molecular weight is 480 g/mol. The molecule has 0 radical (unpaired) electrons. The fourth-order valence-corrected chi connectivity index (χ4v) is 5.21. The SMILES string of the molecule is CC1CN(Cc2ccc(OC(F)(F)F)cc2)CC1C1NC(=O)c2cnc(C3CCOCC3)n2N1. The van der Waals surface area contributed by atoms with E-state index in [1.165, 1.54) is 12.1 Å². The molecule has 2 aromatic rings. The Morgan fingerprint density at radius 3 is 2.62 bits per heavy atom. The maximum atomic E-state index is 12.8. The molecule has 8 nitrogen and oxygen atoms in total. The van der Waals surface area contributed by atoms with E-state index in [4.69, 9.17) is 4.74 Å². The number of alkyl halides is 3. The van der Waals surface area contributed by atoms with Crippen molar-refractivity contribution in [3.05, 3.63) is 47.5 Å². The van der Waals surface area contributed by atoms with E-state index in [1.54, 1.807) is 18.3 Å². The van der Waals surface area contributed by atoms with Gasteiger partial charge < -0.3 is 20.2 Å². The normalized spacial score (nSPS) is 26.1. The summed E-state index contributed by atoms with van der Waals surface area (Å²) in [6.45, 7) is 5.72. The van der Waals surface area contributed by atoms with Crippen LogP contribution in [-0.2, 0) is 11.3 Å². The number of benzene rings is 1. The summed E-state index contributed by atoms with van der Waals surface area (Å²) in [5.74, 6) is 1.23. The van der Waals surface area contributed by atoms with E-state index in [2.05, 4.69) is 32.3 Å². The molecular weight excluding hydrogens is 451 g/mol. The van der Waals surface area contributed by atoms with Gasteiger partial charge in [-0.3, -0.25) is 9.69 Å². The summed E-state index contributed by atoms with van der Waals surface area (Å²) in [5.41, 5.74) is 4.91. The summed E-state index contributed by atoms with van der Waals surface area (Å²) in [6, 6.07) is 5.97. The number of halogens is 3. The predicted octanol–water partition coefficient (Wildman–Crippen LogP) is 3.06. The molecule has 34 heavy (non-hydrogen) atoms. The number of carbonyl (C=O) groups is 1. The van der Waals surface area contributed by atoms with Crippen molar-refractivity contribution in [3.63, 3.8) is 0 Å². The van der Waals surface area contributed by atoms with Crippen LogP contribution in [0, 0.1) is 11.8 Å². The molecule has 184 valence electrons. The lowest BCUT2D eigenvalue weighted by Crippen LogP contribution is -2.55. The van der Waals surface area contributed by atoms with E-state index in [0.29, 0.717) is 31.4 Å². The molecule has 2 N–H and O–H groups in total. The second-order valence-electron chi connectivity index (χ2n) is 9.33. The van der Waals surface area contributed by atoms with Gasteiger partial charge in [0.15, 0.2) is 0 Å². The van der Waals surface area contributed by atoms with Gasteiger partial charge in [-0.25, -0.2) is 9.66 Å². The third-order valence-corrected chi connectivity index (χ3v) is 6.90. The molecule has 0 saturated carbocycles. The van der Waals surface area contributed by atoms with E-state index in [0.717, 1.165) is 37.3 Å². The zero-order valence-corrected chi connectivity index (χ0v) is 18.8. The molecule has 5 rings (SSSR count). The Kier molecular flexibility index (Phi) is 6.15. The molecule has 4 heterocycles. The van der Waals surface area contributed by atoms with Gasteiger partial charge in [-0.2, -0.15) is 0 Å². The van der Waals surface area contributed by atoms with Crippen LogP contribution < -0.4 is 15.5 Å². The van der Waals surface area contributed by atoms with Gasteiger partial charge in [0.2, 0.25) is 0 Å². The monoisotopic (exact) mass is 479 g/mol. The largest absolute Gasteiger partial charge is 0.573 e. The average Bonchev–Trinajstić information content (AvgIpc) is 3.38. The summed E-state index contributed by atoms with van der Waals surface area (Å²) in [5, 5.41) is 3.09. The lowest BCUT2D eigenvalue weighted by molar-refractivity contribution is -0.274. The van der Waals surface area contributed by atoms with E-state index in [-0.39, 0.29) is 29.7 Å². The van der Waals surface area contributed by atoms with Crippen molar-refractivity contribution >= 4 is 5.91 Å². The van der Waals surface area contributed by atoms with Crippen LogP contribution >= 0.6 is 0 Å². The Hall–Kier alpha value is -2.79. The lowest BCUT2D eigenvalue weighted by atomic mass is 9.94. The van der Waals surface area contributed by atoms with E-state index in [1.807, 2.05) is 4.68 Å². The Bertz CT molecular complexity index is 1020. The number of rotatable bonds is 5. The molecule has 0 bridgehead atoms. The number of aromatic nitrogens is 2. The van der Waals surface area contributed by atoms with Gasteiger partial charge in [0, 0.05) is 44.7 Å². The molecule has 3 unspecified atom stereocenters. The number of carbonyl (C=O) groups excluding carboxylic acids is 1. The molecule has 1 amide bonds.